The molecule has 1 saturated heterocycles. The highest BCUT2D eigenvalue weighted by molar-refractivity contribution is 7.54. The zero-order valence-corrected chi connectivity index (χ0v) is 13.3. The highest BCUT2D eigenvalue weighted by Crippen LogP contribution is 2.56. The molecule has 1 fully saturated rings. The first kappa shape index (κ1) is 18.9. The standard InChI is InChI=1S/C11H22NO5P.ClH/c1-4-15-11(13)9-7-12-8-10(9)18(14,16-5-2)17-6-3;/h9-10,12H,4-8H2,1-3H3;1H. The third kappa shape index (κ3) is 4.72. The lowest BCUT2D eigenvalue weighted by Gasteiger charge is -2.25. The lowest BCUT2D eigenvalue weighted by molar-refractivity contribution is -0.147. The number of nitrogens with one attached hydrogen (secondary N) is 1. The fourth-order valence-corrected chi connectivity index (χ4v) is 4.27. The molecule has 1 aliphatic heterocycles. The Morgan fingerprint density at radius 1 is 1.16 bits per heavy atom. The van der Waals surface area contributed by atoms with Crippen molar-refractivity contribution in [1.29, 1.82) is 0 Å². The van der Waals surface area contributed by atoms with E-state index in [1.807, 2.05) is 0 Å². The van der Waals surface area contributed by atoms with Gasteiger partial charge in [0.05, 0.1) is 31.4 Å². The summed E-state index contributed by atoms with van der Waals surface area (Å²) in [5.74, 6) is -0.805. The fraction of sp³-hybridized carbons (Fsp3) is 0.909. The Labute approximate surface area is 120 Å². The summed E-state index contributed by atoms with van der Waals surface area (Å²) in [6.07, 6.45) is 0. The van der Waals surface area contributed by atoms with Gasteiger partial charge in [-0.05, 0) is 20.8 Å². The van der Waals surface area contributed by atoms with E-state index in [-0.39, 0.29) is 18.4 Å². The lowest BCUT2D eigenvalue weighted by Crippen LogP contribution is -2.30. The molecule has 1 N–H and O–H groups in total. The largest absolute Gasteiger partial charge is 0.466 e. The van der Waals surface area contributed by atoms with Crippen LogP contribution in [-0.2, 0) is 23.1 Å². The van der Waals surface area contributed by atoms with E-state index in [2.05, 4.69) is 5.32 Å². The van der Waals surface area contributed by atoms with Crippen molar-refractivity contribution < 1.29 is 23.1 Å². The maximum absolute atomic E-state index is 12.6. The van der Waals surface area contributed by atoms with Gasteiger partial charge in [0.15, 0.2) is 0 Å². The molecule has 0 aliphatic carbocycles. The summed E-state index contributed by atoms with van der Waals surface area (Å²) in [5, 5.41) is 3.05. The second-order valence-corrected chi connectivity index (χ2v) is 6.22. The highest BCUT2D eigenvalue weighted by atomic mass is 35.5. The van der Waals surface area contributed by atoms with Gasteiger partial charge in [0.1, 0.15) is 0 Å². The summed E-state index contributed by atoms with van der Waals surface area (Å²) < 4.78 is 28.2. The zero-order valence-electron chi connectivity index (χ0n) is 11.6. The zero-order chi connectivity index (χ0) is 13.6. The van der Waals surface area contributed by atoms with Crippen molar-refractivity contribution in [1.82, 2.24) is 5.32 Å². The molecule has 0 bridgehead atoms. The molecule has 0 aromatic carbocycles. The average molecular weight is 316 g/mol. The number of halogens is 1. The number of carbonyl (C=O) groups excluding carboxylic acids is 1. The van der Waals surface area contributed by atoms with Gasteiger partial charge < -0.3 is 19.1 Å². The van der Waals surface area contributed by atoms with Crippen LogP contribution in [0.25, 0.3) is 0 Å². The van der Waals surface area contributed by atoms with Gasteiger partial charge in [0.25, 0.3) is 0 Å². The summed E-state index contributed by atoms with van der Waals surface area (Å²) in [7, 11) is -3.26. The van der Waals surface area contributed by atoms with Crippen LogP contribution >= 0.6 is 20.0 Å². The monoisotopic (exact) mass is 315 g/mol. The fourth-order valence-electron chi connectivity index (χ4n) is 2.08. The van der Waals surface area contributed by atoms with Crippen molar-refractivity contribution in [2.45, 2.75) is 26.4 Å². The maximum atomic E-state index is 12.6. The van der Waals surface area contributed by atoms with Crippen LogP contribution < -0.4 is 5.32 Å². The van der Waals surface area contributed by atoms with E-state index >= 15 is 0 Å². The van der Waals surface area contributed by atoms with Crippen molar-refractivity contribution in [2.24, 2.45) is 5.92 Å². The first-order valence-corrected chi connectivity index (χ1v) is 7.96. The minimum atomic E-state index is -3.26. The molecule has 8 heteroatoms. The summed E-state index contributed by atoms with van der Waals surface area (Å²) >= 11 is 0. The average Bonchev–Trinajstić information content (AvgIpc) is 2.79. The van der Waals surface area contributed by atoms with Crippen LogP contribution in [0.1, 0.15) is 20.8 Å². The molecule has 2 atom stereocenters. The number of hydrogen-bond acceptors (Lipinski definition) is 6. The minimum Gasteiger partial charge on any atom is -0.466 e. The van der Waals surface area contributed by atoms with Crippen molar-refractivity contribution in [2.75, 3.05) is 32.9 Å². The molecule has 0 radical (unpaired) electrons. The van der Waals surface area contributed by atoms with Crippen LogP contribution in [0.4, 0.5) is 0 Å². The summed E-state index contributed by atoms with van der Waals surface area (Å²) in [6.45, 7) is 7.07. The Morgan fingerprint density at radius 2 is 1.74 bits per heavy atom. The minimum absolute atomic E-state index is 0. The van der Waals surface area contributed by atoms with Gasteiger partial charge in [-0.1, -0.05) is 0 Å². The molecule has 0 aromatic rings. The van der Waals surface area contributed by atoms with Crippen molar-refractivity contribution in [3.05, 3.63) is 0 Å². The first-order valence-electron chi connectivity index (χ1n) is 6.35. The number of carbonyl (C=O) groups is 1. The number of esters is 1. The predicted octanol–water partition coefficient (Wildman–Crippen LogP) is 1.83. The molecule has 0 saturated carbocycles. The van der Waals surface area contributed by atoms with Crippen LogP contribution in [-0.4, -0.2) is 44.5 Å². The van der Waals surface area contributed by atoms with Crippen molar-refractivity contribution >= 4 is 26.0 Å². The van der Waals surface area contributed by atoms with Crippen LogP contribution in [0.15, 0.2) is 0 Å². The normalized spacial score (nSPS) is 22.9. The second kappa shape index (κ2) is 8.93. The van der Waals surface area contributed by atoms with E-state index < -0.39 is 19.2 Å². The maximum Gasteiger partial charge on any atom is 0.335 e. The second-order valence-electron chi connectivity index (χ2n) is 3.96. The Balaban J connectivity index is 0.00000324. The topological polar surface area (TPSA) is 73.9 Å². The van der Waals surface area contributed by atoms with Gasteiger partial charge in [0.2, 0.25) is 0 Å². The van der Waals surface area contributed by atoms with Gasteiger partial charge >= 0.3 is 13.6 Å². The Kier molecular flexibility index (Phi) is 8.86. The summed E-state index contributed by atoms with van der Waals surface area (Å²) in [5.41, 5.74) is -0.462. The molecule has 19 heavy (non-hydrogen) atoms. The van der Waals surface area contributed by atoms with Gasteiger partial charge in [-0.2, -0.15) is 0 Å². The van der Waals surface area contributed by atoms with Gasteiger partial charge in [-0.15, -0.1) is 12.4 Å². The van der Waals surface area contributed by atoms with Crippen molar-refractivity contribution in [3.63, 3.8) is 0 Å². The SMILES string of the molecule is CCOC(=O)C1CNCC1P(=O)(OCC)OCC.Cl. The third-order valence-electron chi connectivity index (χ3n) is 2.80. The number of rotatable bonds is 7. The van der Waals surface area contributed by atoms with Crippen molar-refractivity contribution in [3.8, 4) is 0 Å². The Morgan fingerprint density at radius 3 is 2.21 bits per heavy atom. The van der Waals surface area contributed by atoms with Gasteiger partial charge in [-0.25, -0.2) is 0 Å². The molecule has 0 aromatic heterocycles. The molecule has 1 rings (SSSR count). The van der Waals surface area contributed by atoms with Crippen LogP contribution in [0, 0.1) is 5.92 Å². The smallest absolute Gasteiger partial charge is 0.335 e. The molecular formula is C11H23ClNO5P. The summed E-state index contributed by atoms with van der Waals surface area (Å²) in [4.78, 5) is 11.8. The molecule has 0 amide bonds. The van der Waals surface area contributed by atoms with E-state index in [0.717, 1.165) is 0 Å². The molecule has 2 unspecified atom stereocenters. The van der Waals surface area contributed by atoms with Gasteiger partial charge in [-0.3, -0.25) is 9.36 Å². The Hall–Kier alpha value is -0.130. The predicted molar refractivity (Wildman–Crippen MR) is 74.9 cm³/mol. The van der Waals surface area contributed by atoms with Gasteiger partial charge in [0, 0.05) is 13.1 Å². The molecule has 6 nitrogen and oxygen atoms in total. The van der Waals surface area contributed by atoms with E-state index in [9.17, 15) is 9.36 Å². The van der Waals surface area contributed by atoms with E-state index in [1.54, 1.807) is 20.8 Å². The molecule has 114 valence electrons. The molecule has 1 heterocycles. The van der Waals surface area contributed by atoms with E-state index in [0.29, 0.717) is 32.9 Å². The molecule has 0 spiro atoms. The quantitative estimate of drug-likeness (QED) is 0.570. The van der Waals surface area contributed by atoms with Crippen LogP contribution in [0.2, 0.25) is 0 Å². The van der Waals surface area contributed by atoms with Crippen LogP contribution in [0.5, 0.6) is 0 Å². The van der Waals surface area contributed by atoms with Crippen LogP contribution in [0.3, 0.4) is 0 Å². The summed E-state index contributed by atoms with van der Waals surface area (Å²) in [6, 6.07) is 0. The Bertz CT molecular complexity index is 318. The molecular weight excluding hydrogens is 293 g/mol. The first-order chi connectivity index (χ1) is 8.59. The van der Waals surface area contributed by atoms with E-state index in [4.69, 9.17) is 13.8 Å². The third-order valence-corrected chi connectivity index (χ3v) is 5.39. The molecule has 1 aliphatic rings. The van der Waals surface area contributed by atoms with E-state index in [1.165, 1.54) is 0 Å². The lowest BCUT2D eigenvalue weighted by atomic mass is 10.1. The number of hydrogen-bond donors (Lipinski definition) is 1. The number of ether oxygens (including phenoxy) is 1. The highest BCUT2D eigenvalue weighted by Gasteiger charge is 2.47.